The molecular weight excluding hydrogens is 258 g/mol. The standard InChI is InChI=1S/C14H19N3O3/c1-4-14(3,10(2)18)9-16-12-5-6-13(17(19)20)11(7-12)8-15/h5-7,10,16,18H,4,9H2,1-3H3/t10-,14+/m1/s1. The van der Waals surface area contributed by atoms with Crippen molar-refractivity contribution in [2.45, 2.75) is 33.3 Å². The van der Waals surface area contributed by atoms with Gasteiger partial charge >= 0.3 is 0 Å². The first-order valence-corrected chi connectivity index (χ1v) is 6.44. The van der Waals surface area contributed by atoms with Crippen molar-refractivity contribution in [3.8, 4) is 6.07 Å². The number of hydrogen-bond acceptors (Lipinski definition) is 5. The Hall–Kier alpha value is -2.13. The molecule has 2 atom stereocenters. The summed E-state index contributed by atoms with van der Waals surface area (Å²) in [5.74, 6) is 0. The van der Waals surface area contributed by atoms with Crippen LogP contribution in [0.2, 0.25) is 0 Å². The predicted molar refractivity (Wildman–Crippen MR) is 76.4 cm³/mol. The first-order valence-electron chi connectivity index (χ1n) is 6.44. The molecule has 0 fully saturated rings. The fourth-order valence-electron chi connectivity index (χ4n) is 1.77. The maximum atomic E-state index is 10.7. The summed E-state index contributed by atoms with van der Waals surface area (Å²) in [7, 11) is 0. The molecule has 1 aromatic rings. The Morgan fingerprint density at radius 1 is 1.60 bits per heavy atom. The molecular formula is C14H19N3O3. The second-order valence-electron chi connectivity index (χ2n) is 5.14. The summed E-state index contributed by atoms with van der Waals surface area (Å²) >= 11 is 0. The minimum absolute atomic E-state index is 0.0234. The molecule has 0 aliphatic rings. The van der Waals surface area contributed by atoms with Crippen molar-refractivity contribution in [1.29, 1.82) is 5.26 Å². The van der Waals surface area contributed by atoms with Crippen LogP contribution in [0.1, 0.15) is 32.8 Å². The summed E-state index contributed by atoms with van der Waals surface area (Å²) in [4.78, 5) is 10.2. The van der Waals surface area contributed by atoms with E-state index < -0.39 is 11.0 Å². The molecule has 108 valence electrons. The molecule has 0 bridgehead atoms. The van der Waals surface area contributed by atoms with Crippen molar-refractivity contribution in [3.63, 3.8) is 0 Å². The Morgan fingerprint density at radius 3 is 2.70 bits per heavy atom. The highest BCUT2D eigenvalue weighted by Gasteiger charge is 2.27. The maximum Gasteiger partial charge on any atom is 0.287 e. The molecule has 6 nitrogen and oxygen atoms in total. The van der Waals surface area contributed by atoms with E-state index in [0.29, 0.717) is 12.2 Å². The lowest BCUT2D eigenvalue weighted by atomic mass is 9.82. The van der Waals surface area contributed by atoms with E-state index in [1.807, 2.05) is 19.9 Å². The van der Waals surface area contributed by atoms with E-state index in [4.69, 9.17) is 5.26 Å². The molecule has 0 saturated carbocycles. The Kier molecular flexibility index (Phi) is 5.06. The Balaban J connectivity index is 2.90. The van der Waals surface area contributed by atoms with Gasteiger partial charge in [-0.15, -0.1) is 0 Å². The molecule has 1 aromatic carbocycles. The van der Waals surface area contributed by atoms with Crippen LogP contribution in [0.4, 0.5) is 11.4 Å². The average Bonchev–Trinajstić information content (AvgIpc) is 2.43. The SMILES string of the molecule is CC[C@@](C)(CNc1ccc([N+](=O)[O-])c(C#N)c1)[C@@H](C)O. The van der Waals surface area contributed by atoms with E-state index in [1.165, 1.54) is 12.1 Å². The van der Waals surface area contributed by atoms with Crippen LogP contribution in [0.25, 0.3) is 0 Å². The third-order valence-corrected chi connectivity index (χ3v) is 3.83. The number of hydrogen-bond donors (Lipinski definition) is 2. The molecule has 0 aliphatic heterocycles. The summed E-state index contributed by atoms with van der Waals surface area (Å²) in [6.45, 7) is 6.21. The number of aliphatic hydroxyl groups excluding tert-OH is 1. The van der Waals surface area contributed by atoms with Crippen LogP contribution >= 0.6 is 0 Å². The molecule has 0 aliphatic carbocycles. The van der Waals surface area contributed by atoms with Crippen molar-refractivity contribution in [2.24, 2.45) is 5.41 Å². The second kappa shape index (κ2) is 6.35. The van der Waals surface area contributed by atoms with Gasteiger partial charge in [0.15, 0.2) is 0 Å². The summed E-state index contributed by atoms with van der Waals surface area (Å²) in [5, 5.41) is 32.6. The highest BCUT2D eigenvalue weighted by molar-refractivity contribution is 5.58. The molecule has 1 rings (SSSR count). The van der Waals surface area contributed by atoms with Gasteiger partial charge in [-0.05, 0) is 25.5 Å². The molecule has 20 heavy (non-hydrogen) atoms. The van der Waals surface area contributed by atoms with E-state index in [2.05, 4.69) is 5.32 Å². The van der Waals surface area contributed by atoms with Crippen LogP contribution in [-0.2, 0) is 0 Å². The minimum Gasteiger partial charge on any atom is -0.393 e. The second-order valence-corrected chi connectivity index (χ2v) is 5.14. The molecule has 2 N–H and O–H groups in total. The lowest BCUT2D eigenvalue weighted by Crippen LogP contribution is -2.36. The van der Waals surface area contributed by atoms with E-state index in [0.717, 1.165) is 6.42 Å². The zero-order valence-electron chi connectivity index (χ0n) is 11.9. The van der Waals surface area contributed by atoms with E-state index >= 15 is 0 Å². The molecule has 0 heterocycles. The number of anilines is 1. The van der Waals surface area contributed by atoms with E-state index in [-0.39, 0.29) is 16.7 Å². The zero-order chi connectivity index (χ0) is 15.3. The maximum absolute atomic E-state index is 10.7. The van der Waals surface area contributed by atoms with Gasteiger partial charge in [0.05, 0.1) is 11.0 Å². The van der Waals surface area contributed by atoms with Gasteiger partial charge in [0, 0.05) is 23.7 Å². The van der Waals surface area contributed by atoms with Crippen molar-refractivity contribution < 1.29 is 10.0 Å². The third-order valence-electron chi connectivity index (χ3n) is 3.83. The fourth-order valence-corrected chi connectivity index (χ4v) is 1.77. The summed E-state index contributed by atoms with van der Waals surface area (Å²) in [6.07, 6.45) is 0.309. The minimum atomic E-state index is -0.575. The number of nitrogens with one attached hydrogen (secondary N) is 1. The highest BCUT2D eigenvalue weighted by Crippen LogP contribution is 2.27. The highest BCUT2D eigenvalue weighted by atomic mass is 16.6. The van der Waals surface area contributed by atoms with Gasteiger partial charge in [-0.2, -0.15) is 5.26 Å². The number of nitro groups is 1. The van der Waals surface area contributed by atoms with Crippen LogP contribution in [0, 0.1) is 26.9 Å². The predicted octanol–water partition coefficient (Wildman–Crippen LogP) is 2.68. The normalized spacial score (nSPS) is 14.9. The Bertz CT molecular complexity index is 537. The first kappa shape index (κ1) is 15.9. The topological polar surface area (TPSA) is 99.2 Å². The van der Waals surface area contributed by atoms with Gasteiger partial charge in [0.25, 0.3) is 5.69 Å². The lowest BCUT2D eigenvalue weighted by molar-refractivity contribution is -0.385. The van der Waals surface area contributed by atoms with Crippen LogP contribution in [0.15, 0.2) is 18.2 Å². The lowest BCUT2D eigenvalue weighted by Gasteiger charge is -2.32. The number of aliphatic hydroxyl groups is 1. The summed E-state index contributed by atoms with van der Waals surface area (Å²) in [5.41, 5.74) is 0.156. The number of nitro benzene ring substituents is 1. The van der Waals surface area contributed by atoms with Gasteiger partial charge in [-0.25, -0.2) is 0 Å². The Morgan fingerprint density at radius 2 is 2.25 bits per heavy atom. The molecule has 0 amide bonds. The largest absolute Gasteiger partial charge is 0.393 e. The molecule has 0 unspecified atom stereocenters. The van der Waals surface area contributed by atoms with Crippen LogP contribution in [-0.4, -0.2) is 22.7 Å². The molecule has 0 saturated heterocycles. The van der Waals surface area contributed by atoms with Gasteiger partial charge in [-0.3, -0.25) is 10.1 Å². The van der Waals surface area contributed by atoms with Crippen LogP contribution in [0.3, 0.4) is 0 Å². The molecule has 0 radical (unpaired) electrons. The van der Waals surface area contributed by atoms with Crippen molar-refractivity contribution in [1.82, 2.24) is 0 Å². The molecule has 0 spiro atoms. The van der Waals surface area contributed by atoms with Crippen molar-refractivity contribution in [3.05, 3.63) is 33.9 Å². The number of benzene rings is 1. The van der Waals surface area contributed by atoms with E-state index in [9.17, 15) is 15.2 Å². The Labute approximate surface area is 118 Å². The number of rotatable bonds is 6. The monoisotopic (exact) mass is 277 g/mol. The summed E-state index contributed by atoms with van der Waals surface area (Å²) in [6, 6.07) is 6.15. The van der Waals surface area contributed by atoms with Crippen LogP contribution < -0.4 is 5.32 Å². The fraction of sp³-hybridized carbons (Fsp3) is 0.500. The average molecular weight is 277 g/mol. The van der Waals surface area contributed by atoms with Crippen molar-refractivity contribution in [2.75, 3.05) is 11.9 Å². The van der Waals surface area contributed by atoms with Gasteiger partial charge in [-0.1, -0.05) is 13.8 Å². The van der Waals surface area contributed by atoms with Crippen molar-refractivity contribution >= 4 is 11.4 Å². The molecule has 0 aromatic heterocycles. The van der Waals surface area contributed by atoms with Gasteiger partial charge < -0.3 is 10.4 Å². The third kappa shape index (κ3) is 3.45. The van der Waals surface area contributed by atoms with Crippen LogP contribution in [0.5, 0.6) is 0 Å². The van der Waals surface area contributed by atoms with Gasteiger partial charge in [0.1, 0.15) is 11.6 Å². The van der Waals surface area contributed by atoms with E-state index in [1.54, 1.807) is 13.0 Å². The number of nitrogens with zero attached hydrogens (tertiary/aromatic N) is 2. The molecule has 6 heteroatoms. The smallest absolute Gasteiger partial charge is 0.287 e. The number of nitriles is 1. The van der Waals surface area contributed by atoms with Gasteiger partial charge in [0.2, 0.25) is 0 Å². The first-order chi connectivity index (χ1) is 9.34. The summed E-state index contributed by atoms with van der Waals surface area (Å²) < 4.78 is 0. The quantitative estimate of drug-likeness (QED) is 0.615. The zero-order valence-corrected chi connectivity index (χ0v) is 11.9.